The molecule has 2 atom stereocenters. The Morgan fingerprint density at radius 2 is 2.16 bits per heavy atom. The number of methoxy groups -OCH3 is 1. The van der Waals surface area contributed by atoms with E-state index in [2.05, 4.69) is 0 Å². The van der Waals surface area contributed by atoms with Crippen molar-refractivity contribution in [3.8, 4) is 5.75 Å². The Labute approximate surface area is 114 Å². The van der Waals surface area contributed by atoms with Crippen molar-refractivity contribution >= 4 is 0 Å². The third-order valence-corrected chi connectivity index (χ3v) is 3.49. The largest absolute Gasteiger partial charge is 0.497 e. The van der Waals surface area contributed by atoms with Gasteiger partial charge in [0.1, 0.15) is 11.9 Å². The van der Waals surface area contributed by atoms with Crippen molar-refractivity contribution in [3.63, 3.8) is 0 Å². The molecule has 0 saturated heterocycles. The number of hydrogen-bond acceptors (Lipinski definition) is 4. The first kappa shape index (κ1) is 14.3. The van der Waals surface area contributed by atoms with Crippen LogP contribution >= 0.6 is 0 Å². The lowest BCUT2D eigenvalue weighted by atomic mass is 9.87. The fraction of sp³-hybridized carbons (Fsp3) is 0.600. The molecule has 0 heterocycles. The summed E-state index contributed by atoms with van der Waals surface area (Å²) >= 11 is 0. The fourth-order valence-electron chi connectivity index (χ4n) is 2.44. The van der Waals surface area contributed by atoms with E-state index in [9.17, 15) is 5.11 Å². The van der Waals surface area contributed by atoms with Crippen LogP contribution in [0.2, 0.25) is 0 Å². The lowest BCUT2D eigenvalue weighted by Crippen LogP contribution is -2.29. The lowest BCUT2D eigenvalue weighted by molar-refractivity contribution is -0.0644. The van der Waals surface area contributed by atoms with E-state index >= 15 is 0 Å². The SMILES string of the molecule is CCOCCOC1CCc2ccc(OC)cc2C1O. The number of rotatable bonds is 6. The molecule has 0 aromatic heterocycles. The molecule has 1 aromatic carbocycles. The molecule has 2 rings (SSSR count). The Kier molecular flexibility index (Phi) is 5.19. The normalized spacial score (nSPS) is 22.1. The van der Waals surface area contributed by atoms with E-state index in [0.717, 1.165) is 24.2 Å². The van der Waals surface area contributed by atoms with Crippen LogP contribution < -0.4 is 4.74 Å². The highest BCUT2D eigenvalue weighted by molar-refractivity contribution is 5.39. The van der Waals surface area contributed by atoms with E-state index in [-0.39, 0.29) is 6.10 Å². The second-order valence-corrected chi connectivity index (χ2v) is 4.65. The van der Waals surface area contributed by atoms with Crippen molar-refractivity contribution in [2.45, 2.75) is 32.0 Å². The van der Waals surface area contributed by atoms with E-state index in [1.807, 2.05) is 25.1 Å². The zero-order valence-corrected chi connectivity index (χ0v) is 11.6. The van der Waals surface area contributed by atoms with Gasteiger partial charge in [0.15, 0.2) is 0 Å². The maximum atomic E-state index is 10.4. The Balaban J connectivity index is 1.99. The molecule has 0 aliphatic heterocycles. The van der Waals surface area contributed by atoms with Gasteiger partial charge in [-0.05, 0) is 43.0 Å². The summed E-state index contributed by atoms with van der Waals surface area (Å²) in [5.74, 6) is 0.771. The minimum absolute atomic E-state index is 0.153. The quantitative estimate of drug-likeness (QED) is 0.801. The molecule has 106 valence electrons. The van der Waals surface area contributed by atoms with Crippen molar-refractivity contribution in [1.29, 1.82) is 0 Å². The van der Waals surface area contributed by atoms with E-state index in [0.29, 0.717) is 19.8 Å². The van der Waals surface area contributed by atoms with Gasteiger partial charge in [-0.1, -0.05) is 6.07 Å². The number of aliphatic hydroxyl groups is 1. The summed E-state index contributed by atoms with van der Waals surface area (Å²) in [6.07, 6.45) is 1.03. The summed E-state index contributed by atoms with van der Waals surface area (Å²) in [4.78, 5) is 0. The first-order chi connectivity index (χ1) is 9.26. The van der Waals surface area contributed by atoms with Gasteiger partial charge in [-0.2, -0.15) is 0 Å². The smallest absolute Gasteiger partial charge is 0.119 e. The van der Waals surface area contributed by atoms with Gasteiger partial charge in [-0.3, -0.25) is 0 Å². The monoisotopic (exact) mass is 266 g/mol. The third-order valence-electron chi connectivity index (χ3n) is 3.49. The van der Waals surface area contributed by atoms with Crippen LogP contribution in [0.25, 0.3) is 0 Å². The molecular formula is C15H22O4. The zero-order chi connectivity index (χ0) is 13.7. The molecule has 2 unspecified atom stereocenters. The Bertz CT molecular complexity index is 405. The van der Waals surface area contributed by atoms with Crippen LogP contribution in [0, 0.1) is 0 Å². The van der Waals surface area contributed by atoms with Crippen LogP contribution in [-0.4, -0.2) is 38.1 Å². The minimum Gasteiger partial charge on any atom is -0.497 e. The van der Waals surface area contributed by atoms with Gasteiger partial charge >= 0.3 is 0 Å². The van der Waals surface area contributed by atoms with Crippen molar-refractivity contribution in [2.75, 3.05) is 26.9 Å². The number of aliphatic hydroxyl groups excluding tert-OH is 1. The van der Waals surface area contributed by atoms with Gasteiger partial charge in [0.2, 0.25) is 0 Å². The van der Waals surface area contributed by atoms with Gasteiger partial charge in [0, 0.05) is 6.61 Å². The molecule has 1 N–H and O–H groups in total. The topological polar surface area (TPSA) is 47.9 Å². The molecule has 19 heavy (non-hydrogen) atoms. The summed E-state index contributed by atoms with van der Waals surface area (Å²) in [5.41, 5.74) is 2.10. The van der Waals surface area contributed by atoms with Crippen LogP contribution in [0.4, 0.5) is 0 Å². The van der Waals surface area contributed by atoms with Crippen molar-refractivity contribution in [1.82, 2.24) is 0 Å². The number of ether oxygens (including phenoxy) is 3. The molecule has 4 nitrogen and oxygen atoms in total. The van der Waals surface area contributed by atoms with Gasteiger partial charge in [0.05, 0.1) is 26.4 Å². The zero-order valence-electron chi connectivity index (χ0n) is 11.6. The summed E-state index contributed by atoms with van der Waals surface area (Å²) in [6.45, 7) is 3.74. The van der Waals surface area contributed by atoms with Crippen molar-refractivity contribution < 1.29 is 19.3 Å². The average Bonchev–Trinajstić information content (AvgIpc) is 2.45. The third kappa shape index (κ3) is 3.47. The first-order valence-corrected chi connectivity index (χ1v) is 6.80. The molecule has 0 amide bonds. The summed E-state index contributed by atoms with van der Waals surface area (Å²) in [7, 11) is 1.63. The highest BCUT2D eigenvalue weighted by atomic mass is 16.5. The second kappa shape index (κ2) is 6.89. The van der Waals surface area contributed by atoms with Gasteiger partial charge in [-0.25, -0.2) is 0 Å². The van der Waals surface area contributed by atoms with E-state index in [1.54, 1.807) is 7.11 Å². The molecule has 1 aliphatic carbocycles. The van der Waals surface area contributed by atoms with Gasteiger partial charge in [-0.15, -0.1) is 0 Å². The first-order valence-electron chi connectivity index (χ1n) is 6.80. The Morgan fingerprint density at radius 1 is 1.32 bits per heavy atom. The predicted octanol–water partition coefficient (Wildman–Crippen LogP) is 2.10. The van der Waals surface area contributed by atoms with E-state index < -0.39 is 6.10 Å². The van der Waals surface area contributed by atoms with E-state index in [4.69, 9.17) is 14.2 Å². The minimum atomic E-state index is -0.583. The number of fused-ring (bicyclic) bond motifs is 1. The standard InChI is InChI=1S/C15H22O4/c1-3-18-8-9-19-14-7-5-11-4-6-12(17-2)10-13(11)15(14)16/h4,6,10,14-16H,3,5,7-9H2,1-2H3. The molecule has 4 heteroatoms. The summed E-state index contributed by atoms with van der Waals surface area (Å²) in [5, 5.41) is 10.4. The molecule has 0 saturated carbocycles. The molecule has 0 radical (unpaired) electrons. The van der Waals surface area contributed by atoms with Crippen LogP contribution in [0.5, 0.6) is 5.75 Å². The van der Waals surface area contributed by atoms with Crippen molar-refractivity contribution in [2.24, 2.45) is 0 Å². The fourth-order valence-corrected chi connectivity index (χ4v) is 2.44. The number of hydrogen-bond donors (Lipinski definition) is 1. The van der Waals surface area contributed by atoms with Crippen LogP contribution in [0.15, 0.2) is 18.2 Å². The molecule has 0 bridgehead atoms. The molecule has 1 aliphatic rings. The predicted molar refractivity (Wildman–Crippen MR) is 72.5 cm³/mol. The lowest BCUT2D eigenvalue weighted by Gasteiger charge is -2.30. The second-order valence-electron chi connectivity index (χ2n) is 4.65. The number of aryl methyl sites for hydroxylation is 1. The highest BCUT2D eigenvalue weighted by Gasteiger charge is 2.28. The van der Waals surface area contributed by atoms with Crippen LogP contribution in [-0.2, 0) is 15.9 Å². The molecular weight excluding hydrogens is 244 g/mol. The maximum Gasteiger partial charge on any atom is 0.119 e. The Morgan fingerprint density at radius 3 is 2.89 bits per heavy atom. The molecule has 0 fully saturated rings. The average molecular weight is 266 g/mol. The maximum absolute atomic E-state index is 10.4. The van der Waals surface area contributed by atoms with Crippen molar-refractivity contribution in [3.05, 3.63) is 29.3 Å². The Hall–Kier alpha value is -1.10. The van der Waals surface area contributed by atoms with Crippen LogP contribution in [0.3, 0.4) is 0 Å². The number of benzene rings is 1. The van der Waals surface area contributed by atoms with Crippen LogP contribution in [0.1, 0.15) is 30.6 Å². The summed E-state index contributed by atoms with van der Waals surface area (Å²) in [6, 6.07) is 5.85. The molecule has 1 aromatic rings. The highest BCUT2D eigenvalue weighted by Crippen LogP contribution is 2.34. The summed E-state index contributed by atoms with van der Waals surface area (Å²) < 4.78 is 16.2. The van der Waals surface area contributed by atoms with Gasteiger partial charge in [0.25, 0.3) is 0 Å². The van der Waals surface area contributed by atoms with E-state index in [1.165, 1.54) is 5.56 Å². The molecule has 0 spiro atoms. The van der Waals surface area contributed by atoms with Gasteiger partial charge < -0.3 is 19.3 Å².